The predicted octanol–water partition coefficient (Wildman–Crippen LogP) is 16.2. The molecule has 1 aliphatic rings. The first-order valence-corrected chi connectivity index (χ1v) is 22.5. The van der Waals surface area contributed by atoms with Gasteiger partial charge in [0.2, 0.25) is 0 Å². The molecule has 0 spiro atoms. The topological polar surface area (TPSA) is 38.9 Å². The highest BCUT2D eigenvalue weighted by atomic mass is 16.3. The second-order valence-corrected chi connectivity index (χ2v) is 17.3. The molecule has 10 aromatic carbocycles. The van der Waals surface area contributed by atoms with Crippen LogP contribution >= 0.6 is 0 Å². The standard InChI is InChI=1S/C63H40N2O/c1-3-18-50(19-4-1)63(51-20-5-2-6-21-51)56-24-11-9-22-52(56)53-34-32-48(39-57(53)63)59-40-58(43-29-26-42(27-30-43)47-33-35-61-55(38-47)54-23-10-12-25-60(54)66-61)64-62(65-59)49-17-13-16-45(37-49)46-31-28-41-14-7-8-15-44(41)36-46/h1-40H. The highest BCUT2D eigenvalue weighted by Gasteiger charge is 2.46. The minimum absolute atomic E-state index is 0.529. The third kappa shape index (κ3) is 6.12. The maximum atomic E-state index is 6.15. The predicted molar refractivity (Wildman–Crippen MR) is 271 cm³/mol. The van der Waals surface area contributed by atoms with Crippen molar-refractivity contribution in [2.75, 3.05) is 0 Å². The third-order valence-electron chi connectivity index (χ3n) is 13.6. The van der Waals surface area contributed by atoms with Crippen molar-refractivity contribution in [3.63, 3.8) is 0 Å². The number of furan rings is 1. The van der Waals surface area contributed by atoms with Crippen LogP contribution in [0.4, 0.5) is 0 Å². The first-order valence-electron chi connectivity index (χ1n) is 22.5. The lowest BCUT2D eigenvalue weighted by atomic mass is 9.67. The van der Waals surface area contributed by atoms with E-state index in [9.17, 15) is 0 Å². The molecule has 0 aliphatic heterocycles. The van der Waals surface area contributed by atoms with Crippen molar-refractivity contribution in [3.05, 3.63) is 265 Å². The van der Waals surface area contributed by atoms with E-state index in [1.54, 1.807) is 0 Å². The van der Waals surface area contributed by atoms with E-state index in [-0.39, 0.29) is 0 Å². The van der Waals surface area contributed by atoms with Gasteiger partial charge in [0, 0.05) is 27.5 Å². The summed E-state index contributed by atoms with van der Waals surface area (Å²) in [6.07, 6.45) is 0. The fourth-order valence-corrected chi connectivity index (χ4v) is 10.4. The fraction of sp³-hybridized carbons (Fsp3) is 0.0159. The van der Waals surface area contributed by atoms with E-state index in [0.29, 0.717) is 5.82 Å². The van der Waals surface area contributed by atoms with Crippen LogP contribution in [0.15, 0.2) is 247 Å². The molecule has 0 saturated heterocycles. The van der Waals surface area contributed by atoms with Gasteiger partial charge in [0.25, 0.3) is 0 Å². The maximum absolute atomic E-state index is 6.15. The van der Waals surface area contributed by atoms with Crippen molar-refractivity contribution < 1.29 is 4.42 Å². The highest BCUT2D eigenvalue weighted by molar-refractivity contribution is 6.06. The number of para-hydroxylation sites is 1. The van der Waals surface area contributed by atoms with Crippen molar-refractivity contribution >= 4 is 32.7 Å². The normalized spacial score (nSPS) is 12.7. The smallest absolute Gasteiger partial charge is 0.160 e. The van der Waals surface area contributed by atoms with Crippen LogP contribution in [0.2, 0.25) is 0 Å². The molecule has 0 radical (unpaired) electrons. The van der Waals surface area contributed by atoms with E-state index in [1.807, 2.05) is 12.1 Å². The Morgan fingerprint density at radius 3 is 1.70 bits per heavy atom. The molecule has 0 N–H and O–H groups in total. The molecule has 13 rings (SSSR count). The monoisotopic (exact) mass is 840 g/mol. The average Bonchev–Trinajstić information content (AvgIpc) is 3.92. The van der Waals surface area contributed by atoms with Crippen LogP contribution in [0.3, 0.4) is 0 Å². The van der Waals surface area contributed by atoms with Gasteiger partial charge in [-0.1, -0.05) is 200 Å². The number of hydrogen-bond acceptors (Lipinski definition) is 3. The minimum Gasteiger partial charge on any atom is -0.456 e. The summed E-state index contributed by atoms with van der Waals surface area (Å²) in [5.41, 5.74) is 18.0. The van der Waals surface area contributed by atoms with Crippen LogP contribution in [0, 0.1) is 0 Å². The number of hydrogen-bond donors (Lipinski definition) is 0. The van der Waals surface area contributed by atoms with Crippen molar-refractivity contribution in [1.82, 2.24) is 9.97 Å². The summed E-state index contributed by atoms with van der Waals surface area (Å²) in [5.74, 6) is 0.674. The van der Waals surface area contributed by atoms with Crippen molar-refractivity contribution in [3.8, 4) is 67.3 Å². The van der Waals surface area contributed by atoms with E-state index in [4.69, 9.17) is 14.4 Å². The first kappa shape index (κ1) is 37.9. The second kappa shape index (κ2) is 15.3. The molecule has 0 fully saturated rings. The molecule has 66 heavy (non-hydrogen) atoms. The summed E-state index contributed by atoms with van der Waals surface area (Å²) in [6.45, 7) is 0. The highest BCUT2D eigenvalue weighted by Crippen LogP contribution is 2.56. The van der Waals surface area contributed by atoms with Gasteiger partial charge >= 0.3 is 0 Å². The number of aromatic nitrogens is 2. The largest absolute Gasteiger partial charge is 0.456 e. The molecular formula is C63H40N2O. The van der Waals surface area contributed by atoms with E-state index in [2.05, 4.69) is 231 Å². The van der Waals surface area contributed by atoms with Crippen molar-refractivity contribution in [2.45, 2.75) is 5.41 Å². The van der Waals surface area contributed by atoms with Crippen LogP contribution in [0.25, 0.3) is 100.0 Å². The third-order valence-corrected chi connectivity index (χ3v) is 13.6. The molecule has 1 aliphatic carbocycles. The van der Waals surface area contributed by atoms with Gasteiger partial charge in [-0.25, -0.2) is 9.97 Å². The molecule has 0 bridgehead atoms. The van der Waals surface area contributed by atoms with Gasteiger partial charge in [-0.15, -0.1) is 0 Å². The number of fused-ring (bicyclic) bond motifs is 7. The summed E-state index contributed by atoms with van der Waals surface area (Å²) in [5, 5.41) is 4.67. The van der Waals surface area contributed by atoms with Gasteiger partial charge in [-0.05, 0) is 109 Å². The molecule has 0 saturated carbocycles. The summed E-state index contributed by atoms with van der Waals surface area (Å²) in [6, 6.07) is 87.1. The Morgan fingerprint density at radius 1 is 0.303 bits per heavy atom. The molecule has 308 valence electrons. The SMILES string of the molecule is c1ccc(C2(c3ccccc3)c3ccccc3-c3ccc(-c4cc(-c5ccc(-c6ccc7oc8ccccc8c7c6)cc5)nc(-c5cccc(-c6ccc7ccccc7c6)c5)n4)cc32)cc1. The number of benzene rings is 10. The fourth-order valence-electron chi connectivity index (χ4n) is 10.4. The summed E-state index contributed by atoms with van der Waals surface area (Å²) in [7, 11) is 0. The molecular weight excluding hydrogens is 801 g/mol. The van der Waals surface area contributed by atoms with Crippen LogP contribution in [0.5, 0.6) is 0 Å². The summed E-state index contributed by atoms with van der Waals surface area (Å²) < 4.78 is 6.15. The lowest BCUT2D eigenvalue weighted by molar-refractivity contribution is 0.669. The van der Waals surface area contributed by atoms with Gasteiger partial charge in [0.1, 0.15) is 11.2 Å². The minimum atomic E-state index is -0.529. The zero-order valence-corrected chi connectivity index (χ0v) is 35.9. The van der Waals surface area contributed by atoms with E-state index in [0.717, 1.165) is 72.3 Å². The molecule has 0 atom stereocenters. The van der Waals surface area contributed by atoms with E-state index in [1.165, 1.54) is 44.2 Å². The Hall–Kier alpha value is -8.66. The summed E-state index contributed by atoms with van der Waals surface area (Å²) >= 11 is 0. The van der Waals surface area contributed by atoms with Crippen LogP contribution < -0.4 is 0 Å². The lowest BCUT2D eigenvalue weighted by Crippen LogP contribution is -2.28. The van der Waals surface area contributed by atoms with Gasteiger partial charge in [0.05, 0.1) is 16.8 Å². The quantitative estimate of drug-likeness (QED) is 0.160. The molecule has 12 aromatic rings. The van der Waals surface area contributed by atoms with Gasteiger partial charge in [0.15, 0.2) is 5.82 Å². The Kier molecular flexibility index (Phi) is 8.75. The first-order chi connectivity index (χ1) is 32.7. The zero-order chi connectivity index (χ0) is 43.6. The Balaban J connectivity index is 0.976. The van der Waals surface area contributed by atoms with Gasteiger partial charge in [-0.2, -0.15) is 0 Å². The summed E-state index contributed by atoms with van der Waals surface area (Å²) in [4.78, 5) is 10.8. The molecule has 0 unspecified atom stereocenters. The van der Waals surface area contributed by atoms with E-state index >= 15 is 0 Å². The van der Waals surface area contributed by atoms with Crippen LogP contribution in [-0.2, 0) is 5.41 Å². The maximum Gasteiger partial charge on any atom is 0.160 e. The Labute approximate surface area is 383 Å². The Bertz CT molecular complexity index is 3770. The molecule has 3 heteroatoms. The number of rotatable bonds is 7. The second-order valence-electron chi connectivity index (χ2n) is 17.3. The molecule has 3 nitrogen and oxygen atoms in total. The van der Waals surface area contributed by atoms with Gasteiger partial charge < -0.3 is 4.42 Å². The molecule has 2 heterocycles. The lowest BCUT2D eigenvalue weighted by Gasteiger charge is -2.34. The molecule has 0 amide bonds. The van der Waals surface area contributed by atoms with Crippen molar-refractivity contribution in [1.29, 1.82) is 0 Å². The van der Waals surface area contributed by atoms with E-state index < -0.39 is 5.41 Å². The average molecular weight is 841 g/mol. The van der Waals surface area contributed by atoms with Crippen LogP contribution in [-0.4, -0.2) is 9.97 Å². The number of nitrogens with zero attached hydrogens (tertiary/aromatic N) is 2. The Morgan fingerprint density at radius 2 is 0.879 bits per heavy atom. The van der Waals surface area contributed by atoms with Crippen molar-refractivity contribution in [2.24, 2.45) is 0 Å². The zero-order valence-electron chi connectivity index (χ0n) is 35.9. The van der Waals surface area contributed by atoms with Gasteiger partial charge in [-0.3, -0.25) is 0 Å². The molecule has 2 aromatic heterocycles. The van der Waals surface area contributed by atoms with Crippen LogP contribution in [0.1, 0.15) is 22.3 Å².